The largest absolute Gasteiger partial charge is 0.352 e. The molecule has 0 bridgehead atoms. The van der Waals surface area contributed by atoms with Gasteiger partial charge in [-0.3, -0.25) is 4.79 Å². The molecule has 0 radical (unpaired) electrons. The average molecular weight is 317 g/mol. The first-order valence-electron chi connectivity index (χ1n) is 7.46. The van der Waals surface area contributed by atoms with Crippen molar-refractivity contribution in [3.63, 3.8) is 0 Å². The Morgan fingerprint density at radius 1 is 1.09 bits per heavy atom. The maximum Gasteiger partial charge on any atom is 0.315 e. The molecule has 0 aliphatic heterocycles. The summed E-state index contributed by atoms with van der Waals surface area (Å²) in [4.78, 5) is 23.3. The lowest BCUT2D eigenvalue weighted by atomic mass is 10.1. The van der Waals surface area contributed by atoms with Crippen molar-refractivity contribution in [3.05, 3.63) is 48.0 Å². The van der Waals surface area contributed by atoms with E-state index in [0.717, 1.165) is 16.3 Å². The van der Waals surface area contributed by atoms with Crippen LogP contribution in [-0.4, -0.2) is 31.2 Å². The van der Waals surface area contributed by atoms with Crippen molar-refractivity contribution in [2.75, 3.05) is 13.2 Å². The second-order valence-electron chi connectivity index (χ2n) is 5.21. The number of nitrogens with one attached hydrogen (secondary N) is 3. The van der Waals surface area contributed by atoms with E-state index in [9.17, 15) is 14.0 Å². The number of rotatable bonds is 6. The van der Waals surface area contributed by atoms with Crippen molar-refractivity contribution >= 4 is 22.7 Å². The summed E-state index contributed by atoms with van der Waals surface area (Å²) in [6, 6.07) is 12.8. The van der Waals surface area contributed by atoms with Crippen LogP contribution in [-0.2, 0) is 11.3 Å². The minimum Gasteiger partial charge on any atom is -0.352 e. The van der Waals surface area contributed by atoms with Gasteiger partial charge in [0.1, 0.15) is 12.7 Å². The molecule has 0 spiro atoms. The third-order valence-electron chi connectivity index (χ3n) is 3.40. The van der Waals surface area contributed by atoms with Crippen molar-refractivity contribution < 1.29 is 14.0 Å². The van der Waals surface area contributed by atoms with Crippen LogP contribution in [0.2, 0.25) is 0 Å². The molecule has 2 rings (SSSR count). The zero-order valence-electron chi connectivity index (χ0n) is 12.9. The molecule has 0 aliphatic rings. The van der Waals surface area contributed by atoms with Crippen LogP contribution in [0.4, 0.5) is 9.18 Å². The summed E-state index contributed by atoms with van der Waals surface area (Å²) in [5, 5.41) is 9.83. The number of carbonyl (C=O) groups excluding carboxylic acids is 2. The smallest absolute Gasteiger partial charge is 0.315 e. The van der Waals surface area contributed by atoms with Gasteiger partial charge in [0.2, 0.25) is 5.91 Å². The van der Waals surface area contributed by atoms with Crippen molar-refractivity contribution in [1.82, 2.24) is 16.0 Å². The molecule has 2 aromatic rings. The van der Waals surface area contributed by atoms with E-state index in [2.05, 4.69) is 16.0 Å². The molecule has 0 aromatic heterocycles. The normalized spacial score (nSPS) is 11.7. The molecule has 3 N–H and O–H groups in total. The van der Waals surface area contributed by atoms with E-state index in [0.29, 0.717) is 6.54 Å². The summed E-state index contributed by atoms with van der Waals surface area (Å²) >= 11 is 0. The Kier molecular flexibility index (Phi) is 5.91. The summed E-state index contributed by atoms with van der Waals surface area (Å²) in [5.41, 5.74) is 0.966. The number of hydrogen-bond acceptors (Lipinski definition) is 2. The highest BCUT2D eigenvalue weighted by molar-refractivity contribution is 5.86. The molecule has 0 saturated heterocycles. The molecular weight excluding hydrogens is 297 g/mol. The number of fused-ring (bicyclic) bond motifs is 1. The van der Waals surface area contributed by atoms with Crippen molar-refractivity contribution in [3.8, 4) is 0 Å². The van der Waals surface area contributed by atoms with Gasteiger partial charge in [-0.15, -0.1) is 0 Å². The molecule has 1 atom stereocenters. The lowest BCUT2D eigenvalue weighted by Gasteiger charge is -2.14. The second kappa shape index (κ2) is 8.12. The van der Waals surface area contributed by atoms with Gasteiger partial charge >= 0.3 is 6.03 Å². The molecule has 0 unspecified atom stereocenters. The Hall–Kier alpha value is -2.63. The zero-order valence-corrected chi connectivity index (χ0v) is 12.9. The average Bonchev–Trinajstić information content (AvgIpc) is 2.57. The third kappa shape index (κ3) is 4.95. The maximum absolute atomic E-state index is 12.0. The van der Waals surface area contributed by atoms with Gasteiger partial charge in [0, 0.05) is 13.1 Å². The summed E-state index contributed by atoms with van der Waals surface area (Å²) in [6.45, 7) is 1.22. The van der Waals surface area contributed by atoms with Gasteiger partial charge in [-0.05, 0) is 29.3 Å². The highest BCUT2D eigenvalue weighted by Crippen LogP contribution is 2.15. The van der Waals surface area contributed by atoms with E-state index < -0.39 is 24.7 Å². The lowest BCUT2D eigenvalue weighted by molar-refractivity contribution is -0.122. The fourth-order valence-corrected chi connectivity index (χ4v) is 2.17. The number of urea groups is 1. The predicted octanol–water partition coefficient (Wildman–Crippen LogP) is 2.11. The number of hydrogen-bond donors (Lipinski definition) is 3. The first-order chi connectivity index (χ1) is 11.1. The summed E-state index contributed by atoms with van der Waals surface area (Å²) < 4.78 is 12.0. The number of amides is 3. The van der Waals surface area contributed by atoms with Crippen LogP contribution in [0.25, 0.3) is 10.8 Å². The van der Waals surface area contributed by atoms with E-state index in [4.69, 9.17) is 0 Å². The minimum atomic E-state index is -0.724. The molecule has 6 heteroatoms. The third-order valence-corrected chi connectivity index (χ3v) is 3.40. The van der Waals surface area contributed by atoms with Crippen molar-refractivity contribution in [2.24, 2.45) is 0 Å². The predicted molar refractivity (Wildman–Crippen MR) is 87.8 cm³/mol. The maximum atomic E-state index is 12.0. The highest BCUT2D eigenvalue weighted by atomic mass is 19.1. The van der Waals surface area contributed by atoms with E-state index >= 15 is 0 Å². The second-order valence-corrected chi connectivity index (χ2v) is 5.21. The van der Waals surface area contributed by atoms with Gasteiger partial charge in [-0.1, -0.05) is 36.4 Å². The number of benzene rings is 2. The van der Waals surface area contributed by atoms with Gasteiger partial charge in [0.15, 0.2) is 0 Å². The molecule has 0 saturated carbocycles. The van der Waals surface area contributed by atoms with Crippen LogP contribution in [0.1, 0.15) is 12.5 Å². The number of alkyl halides is 1. The van der Waals surface area contributed by atoms with Gasteiger partial charge in [0.25, 0.3) is 0 Å². The summed E-state index contributed by atoms with van der Waals surface area (Å²) in [7, 11) is 0. The fraction of sp³-hybridized carbons (Fsp3) is 0.294. The lowest BCUT2D eigenvalue weighted by Crippen LogP contribution is -2.48. The Morgan fingerprint density at radius 3 is 2.57 bits per heavy atom. The van der Waals surface area contributed by atoms with Gasteiger partial charge < -0.3 is 16.0 Å². The van der Waals surface area contributed by atoms with E-state index in [1.54, 1.807) is 6.92 Å². The van der Waals surface area contributed by atoms with Crippen LogP contribution in [0.3, 0.4) is 0 Å². The van der Waals surface area contributed by atoms with E-state index in [1.807, 2.05) is 42.5 Å². The molecule has 0 aliphatic carbocycles. The SMILES string of the molecule is C[C@@H](NC(=O)NCc1ccc2ccccc2c1)C(=O)NCCF. The van der Waals surface area contributed by atoms with Crippen molar-refractivity contribution in [2.45, 2.75) is 19.5 Å². The van der Waals surface area contributed by atoms with Crippen LogP contribution >= 0.6 is 0 Å². The van der Waals surface area contributed by atoms with Gasteiger partial charge in [0.05, 0.1) is 0 Å². The number of halogens is 1. The molecule has 2 aromatic carbocycles. The highest BCUT2D eigenvalue weighted by Gasteiger charge is 2.14. The van der Waals surface area contributed by atoms with Crippen LogP contribution < -0.4 is 16.0 Å². The van der Waals surface area contributed by atoms with Gasteiger partial charge in [-0.25, -0.2) is 9.18 Å². The molecular formula is C17H20FN3O2. The quantitative estimate of drug-likeness (QED) is 0.764. The number of carbonyl (C=O) groups is 2. The summed E-state index contributed by atoms with van der Waals surface area (Å²) in [5.74, 6) is -0.413. The Bertz CT molecular complexity index is 690. The van der Waals surface area contributed by atoms with Gasteiger partial charge in [-0.2, -0.15) is 0 Å². The first-order valence-corrected chi connectivity index (χ1v) is 7.46. The Labute approximate surface area is 134 Å². The Balaban J connectivity index is 1.84. The molecule has 23 heavy (non-hydrogen) atoms. The molecule has 0 heterocycles. The zero-order chi connectivity index (χ0) is 16.7. The summed E-state index contributed by atoms with van der Waals surface area (Å²) in [6.07, 6.45) is 0. The molecule has 122 valence electrons. The monoisotopic (exact) mass is 317 g/mol. The van der Waals surface area contributed by atoms with Crippen LogP contribution in [0.5, 0.6) is 0 Å². The minimum absolute atomic E-state index is 0.0520. The van der Waals surface area contributed by atoms with Crippen LogP contribution in [0.15, 0.2) is 42.5 Å². The van der Waals surface area contributed by atoms with E-state index in [-0.39, 0.29) is 6.54 Å². The van der Waals surface area contributed by atoms with Crippen LogP contribution in [0, 0.1) is 0 Å². The molecule has 0 fully saturated rings. The molecule has 3 amide bonds. The topological polar surface area (TPSA) is 70.2 Å². The van der Waals surface area contributed by atoms with Crippen molar-refractivity contribution in [1.29, 1.82) is 0 Å². The van der Waals surface area contributed by atoms with E-state index in [1.165, 1.54) is 0 Å². The Morgan fingerprint density at radius 2 is 1.83 bits per heavy atom. The first kappa shape index (κ1) is 16.7. The standard InChI is InChI=1S/C17H20FN3O2/c1-12(16(22)19-9-8-18)21-17(23)20-11-13-6-7-14-4-2-3-5-15(14)10-13/h2-7,10,12H,8-9,11H2,1H3,(H,19,22)(H2,20,21,23)/t12-/m1/s1. The molecule has 5 nitrogen and oxygen atoms in total. The fourth-order valence-electron chi connectivity index (χ4n) is 2.17.